The van der Waals surface area contributed by atoms with E-state index in [1.54, 1.807) is 6.92 Å². The Bertz CT molecular complexity index is 705. The second-order valence-electron chi connectivity index (χ2n) is 6.58. The van der Waals surface area contributed by atoms with Gasteiger partial charge in [0.1, 0.15) is 11.5 Å². The number of nitrogens with zero attached hydrogens (tertiary/aromatic N) is 2. The van der Waals surface area contributed by atoms with Crippen LogP contribution in [0.25, 0.3) is 11.5 Å². The highest BCUT2D eigenvalue weighted by atomic mass is 16.4. The molecule has 122 valence electrons. The van der Waals surface area contributed by atoms with Crippen molar-refractivity contribution in [2.24, 2.45) is 5.92 Å². The summed E-state index contributed by atoms with van der Waals surface area (Å²) < 4.78 is 5.87. The fourth-order valence-corrected chi connectivity index (χ4v) is 3.22. The number of rotatable bonds is 4. The van der Waals surface area contributed by atoms with Gasteiger partial charge < -0.3 is 4.42 Å². The minimum atomic E-state index is 0.173. The van der Waals surface area contributed by atoms with Gasteiger partial charge in [-0.15, -0.1) is 0 Å². The molecule has 1 unspecified atom stereocenters. The summed E-state index contributed by atoms with van der Waals surface area (Å²) in [5.74, 6) is 2.02. The lowest BCUT2D eigenvalue weighted by Gasteiger charge is -2.30. The van der Waals surface area contributed by atoms with Crippen LogP contribution in [0.3, 0.4) is 0 Å². The molecule has 1 atom stereocenters. The van der Waals surface area contributed by atoms with Crippen LogP contribution in [0.5, 0.6) is 0 Å². The highest BCUT2D eigenvalue weighted by Gasteiger charge is 2.24. The van der Waals surface area contributed by atoms with Crippen LogP contribution < -0.4 is 0 Å². The Morgan fingerprint density at radius 3 is 2.96 bits per heavy atom. The van der Waals surface area contributed by atoms with E-state index in [9.17, 15) is 4.79 Å². The van der Waals surface area contributed by atoms with Crippen molar-refractivity contribution < 1.29 is 9.21 Å². The van der Waals surface area contributed by atoms with Gasteiger partial charge in [-0.1, -0.05) is 17.7 Å². The Hall–Kier alpha value is -1.94. The number of likely N-dealkylation sites (tertiary alicyclic amines) is 1. The van der Waals surface area contributed by atoms with E-state index in [0.717, 1.165) is 49.5 Å². The summed E-state index contributed by atoms with van der Waals surface area (Å²) in [6, 6.07) is 8.19. The molecule has 1 aromatic heterocycles. The molecule has 0 aliphatic carbocycles. The summed E-state index contributed by atoms with van der Waals surface area (Å²) in [6.45, 7) is 8.34. The number of hydrogen-bond donors (Lipinski definition) is 0. The van der Waals surface area contributed by atoms with E-state index in [-0.39, 0.29) is 5.92 Å². The molecule has 1 aromatic carbocycles. The Kier molecular flexibility index (Phi) is 4.62. The average Bonchev–Trinajstić information content (AvgIpc) is 2.89. The van der Waals surface area contributed by atoms with Crippen LogP contribution in [0.4, 0.5) is 0 Å². The minimum absolute atomic E-state index is 0.173. The monoisotopic (exact) mass is 312 g/mol. The van der Waals surface area contributed by atoms with Crippen molar-refractivity contribution in [2.45, 2.75) is 40.2 Å². The summed E-state index contributed by atoms with van der Waals surface area (Å²) in [4.78, 5) is 18.6. The minimum Gasteiger partial charge on any atom is -0.441 e. The molecule has 4 heteroatoms. The van der Waals surface area contributed by atoms with Crippen molar-refractivity contribution in [3.05, 3.63) is 41.3 Å². The van der Waals surface area contributed by atoms with Gasteiger partial charge in [-0.25, -0.2) is 4.98 Å². The molecule has 0 N–H and O–H groups in total. The molecule has 1 fully saturated rings. The zero-order valence-electron chi connectivity index (χ0n) is 14.1. The second kappa shape index (κ2) is 6.67. The largest absolute Gasteiger partial charge is 0.441 e. The maximum absolute atomic E-state index is 11.6. The van der Waals surface area contributed by atoms with Crippen molar-refractivity contribution in [3.8, 4) is 11.5 Å². The summed E-state index contributed by atoms with van der Waals surface area (Å²) in [5, 5.41) is 0. The van der Waals surface area contributed by atoms with Gasteiger partial charge in [-0.3, -0.25) is 9.69 Å². The molecule has 23 heavy (non-hydrogen) atoms. The Morgan fingerprint density at radius 1 is 1.39 bits per heavy atom. The number of aromatic nitrogens is 1. The first-order valence-corrected chi connectivity index (χ1v) is 8.29. The van der Waals surface area contributed by atoms with E-state index in [4.69, 9.17) is 9.40 Å². The van der Waals surface area contributed by atoms with E-state index in [1.807, 2.05) is 19.1 Å². The smallest absolute Gasteiger partial charge is 0.226 e. The molecule has 1 aliphatic rings. The van der Waals surface area contributed by atoms with Crippen LogP contribution in [0.1, 0.15) is 36.8 Å². The molecule has 0 saturated carbocycles. The molecule has 1 saturated heterocycles. The number of Topliss-reactive ketones (excluding diaryl/α,β-unsaturated/α-hetero) is 1. The Balaban J connectivity index is 1.75. The molecule has 2 heterocycles. The number of oxazole rings is 1. The van der Waals surface area contributed by atoms with Crippen LogP contribution in [0, 0.1) is 19.8 Å². The van der Waals surface area contributed by atoms with Crippen LogP contribution >= 0.6 is 0 Å². The van der Waals surface area contributed by atoms with Crippen molar-refractivity contribution in [1.29, 1.82) is 0 Å². The molecule has 0 radical (unpaired) electrons. The van der Waals surface area contributed by atoms with Gasteiger partial charge in [0.25, 0.3) is 0 Å². The van der Waals surface area contributed by atoms with E-state index >= 15 is 0 Å². The standard InChI is InChI=1S/C19H24N2O2/c1-13-6-4-7-16(10-13)19-20-18(15(3)23-19)12-21-9-5-8-17(11-21)14(2)22/h4,6-7,10,17H,5,8-9,11-12H2,1-3H3. The molecule has 2 aromatic rings. The van der Waals surface area contributed by atoms with E-state index in [1.165, 1.54) is 5.56 Å². The second-order valence-corrected chi connectivity index (χ2v) is 6.58. The number of carbonyl (C=O) groups is 1. The van der Waals surface area contributed by atoms with Gasteiger partial charge in [-0.05, 0) is 52.3 Å². The number of carbonyl (C=O) groups excluding carboxylic acids is 1. The number of benzene rings is 1. The van der Waals surface area contributed by atoms with Crippen molar-refractivity contribution >= 4 is 5.78 Å². The van der Waals surface area contributed by atoms with Gasteiger partial charge in [0.15, 0.2) is 0 Å². The molecule has 3 rings (SSSR count). The molecule has 4 nitrogen and oxygen atoms in total. The fraction of sp³-hybridized carbons (Fsp3) is 0.474. The first-order valence-electron chi connectivity index (χ1n) is 8.29. The fourth-order valence-electron chi connectivity index (χ4n) is 3.22. The van der Waals surface area contributed by atoms with Crippen molar-refractivity contribution in [1.82, 2.24) is 9.88 Å². The third kappa shape index (κ3) is 3.70. The normalized spacial score (nSPS) is 19.0. The lowest BCUT2D eigenvalue weighted by Crippen LogP contribution is -2.37. The third-order valence-corrected chi connectivity index (χ3v) is 4.61. The van der Waals surface area contributed by atoms with Crippen LogP contribution in [0.15, 0.2) is 28.7 Å². The van der Waals surface area contributed by atoms with Gasteiger partial charge in [0, 0.05) is 24.6 Å². The van der Waals surface area contributed by atoms with Gasteiger partial charge in [0.2, 0.25) is 5.89 Å². The molecule has 1 aliphatic heterocycles. The lowest BCUT2D eigenvalue weighted by molar-refractivity contribution is -0.122. The van der Waals surface area contributed by atoms with E-state index in [2.05, 4.69) is 24.0 Å². The Labute approximate surface area is 137 Å². The third-order valence-electron chi connectivity index (χ3n) is 4.61. The van der Waals surface area contributed by atoms with Gasteiger partial charge in [-0.2, -0.15) is 0 Å². The summed E-state index contributed by atoms with van der Waals surface area (Å²) in [7, 11) is 0. The predicted octanol–water partition coefficient (Wildman–Crippen LogP) is 3.76. The average molecular weight is 312 g/mol. The zero-order valence-corrected chi connectivity index (χ0v) is 14.1. The number of piperidine rings is 1. The lowest BCUT2D eigenvalue weighted by atomic mass is 9.94. The van der Waals surface area contributed by atoms with Crippen LogP contribution in [0.2, 0.25) is 0 Å². The Morgan fingerprint density at radius 2 is 2.22 bits per heavy atom. The summed E-state index contributed by atoms with van der Waals surface area (Å²) >= 11 is 0. The molecule has 0 spiro atoms. The highest BCUT2D eigenvalue weighted by Crippen LogP contribution is 2.25. The van der Waals surface area contributed by atoms with Crippen LogP contribution in [-0.4, -0.2) is 28.8 Å². The SMILES string of the molecule is CC(=O)C1CCCN(Cc2nc(-c3cccc(C)c3)oc2C)C1. The molecule has 0 bridgehead atoms. The van der Waals surface area contributed by atoms with Gasteiger partial charge in [0.05, 0.1) is 5.69 Å². The predicted molar refractivity (Wildman–Crippen MR) is 90.1 cm³/mol. The van der Waals surface area contributed by atoms with Gasteiger partial charge >= 0.3 is 0 Å². The summed E-state index contributed by atoms with van der Waals surface area (Å²) in [5.41, 5.74) is 3.19. The summed E-state index contributed by atoms with van der Waals surface area (Å²) in [6.07, 6.45) is 2.09. The highest BCUT2D eigenvalue weighted by molar-refractivity contribution is 5.78. The zero-order chi connectivity index (χ0) is 16.4. The maximum atomic E-state index is 11.6. The van der Waals surface area contributed by atoms with Crippen molar-refractivity contribution in [2.75, 3.05) is 13.1 Å². The molecule has 0 amide bonds. The van der Waals surface area contributed by atoms with E-state index in [0.29, 0.717) is 11.7 Å². The molecular weight excluding hydrogens is 288 g/mol. The number of hydrogen-bond acceptors (Lipinski definition) is 4. The first-order chi connectivity index (χ1) is 11.0. The number of ketones is 1. The quantitative estimate of drug-likeness (QED) is 0.862. The van der Waals surface area contributed by atoms with E-state index < -0.39 is 0 Å². The maximum Gasteiger partial charge on any atom is 0.226 e. The van der Waals surface area contributed by atoms with Crippen LogP contribution in [-0.2, 0) is 11.3 Å². The molecular formula is C19H24N2O2. The first kappa shape index (κ1) is 15.9. The topological polar surface area (TPSA) is 46.3 Å². The van der Waals surface area contributed by atoms with Crippen molar-refractivity contribution in [3.63, 3.8) is 0 Å². The number of aryl methyl sites for hydroxylation is 2.